The van der Waals surface area contributed by atoms with Gasteiger partial charge in [-0.1, -0.05) is 24.3 Å². The maximum absolute atomic E-state index is 11.5. The number of amides is 1. The molecular formula is C22H24N2O3. The summed E-state index contributed by atoms with van der Waals surface area (Å²) in [5, 5.41) is 19.2. The summed E-state index contributed by atoms with van der Waals surface area (Å²) >= 11 is 0. The second-order valence-corrected chi connectivity index (χ2v) is 7.88. The van der Waals surface area contributed by atoms with Gasteiger partial charge < -0.3 is 20.0 Å². The van der Waals surface area contributed by atoms with Crippen molar-refractivity contribution in [3.8, 4) is 11.1 Å². The lowest BCUT2D eigenvalue weighted by Crippen LogP contribution is -2.48. The second kappa shape index (κ2) is 6.27. The highest BCUT2D eigenvalue weighted by molar-refractivity contribution is 5.78. The molecule has 140 valence electrons. The number of piperidine rings is 1. The molecule has 2 atom stereocenters. The van der Waals surface area contributed by atoms with Crippen molar-refractivity contribution < 1.29 is 15.0 Å². The summed E-state index contributed by atoms with van der Waals surface area (Å²) in [5.41, 5.74) is 7.17. The molecular weight excluding hydrogens is 340 g/mol. The third-order valence-electron chi connectivity index (χ3n) is 6.50. The first-order chi connectivity index (χ1) is 13.2. The first kappa shape index (κ1) is 16.6. The molecule has 3 aliphatic rings. The topological polar surface area (TPSA) is 64.0 Å². The molecule has 5 nitrogen and oxygen atoms in total. The number of hydrogen-bond donors (Lipinski definition) is 2. The molecule has 3 heterocycles. The van der Waals surface area contributed by atoms with Crippen LogP contribution < -0.4 is 4.90 Å². The molecule has 5 heteroatoms. The van der Waals surface area contributed by atoms with Crippen LogP contribution >= 0.6 is 0 Å². The van der Waals surface area contributed by atoms with Crippen LogP contribution in [0.15, 0.2) is 36.4 Å². The average Bonchev–Trinajstić information content (AvgIpc) is 3.03. The number of carbonyl (C=O) groups is 1. The summed E-state index contributed by atoms with van der Waals surface area (Å²) in [6, 6.07) is 12.9. The van der Waals surface area contributed by atoms with Gasteiger partial charge in [-0.15, -0.1) is 0 Å². The number of fused-ring (bicyclic) bond motifs is 3. The summed E-state index contributed by atoms with van der Waals surface area (Å²) < 4.78 is 0. The highest BCUT2D eigenvalue weighted by Gasteiger charge is 2.44. The van der Waals surface area contributed by atoms with Crippen molar-refractivity contribution in [1.29, 1.82) is 0 Å². The SMILES string of the molecule is O=C(O)N1CC[C@H]2[C@@H](C1)c1cc(-c3ccccc3CO)cc3c1N2CCC3. The molecule has 0 aliphatic carbocycles. The van der Waals surface area contributed by atoms with Crippen LogP contribution in [0.25, 0.3) is 11.1 Å². The normalized spacial score (nSPS) is 23.1. The number of anilines is 1. The number of aliphatic hydroxyl groups excluding tert-OH is 1. The molecule has 0 unspecified atom stereocenters. The Morgan fingerprint density at radius 2 is 2.04 bits per heavy atom. The van der Waals surface area contributed by atoms with Gasteiger partial charge in [-0.3, -0.25) is 0 Å². The number of nitrogens with zero attached hydrogens (tertiary/aromatic N) is 2. The zero-order valence-corrected chi connectivity index (χ0v) is 15.3. The van der Waals surface area contributed by atoms with Gasteiger partial charge in [-0.05, 0) is 59.2 Å². The van der Waals surface area contributed by atoms with Crippen molar-refractivity contribution in [2.45, 2.75) is 37.8 Å². The van der Waals surface area contributed by atoms with Gasteiger partial charge >= 0.3 is 6.09 Å². The smallest absolute Gasteiger partial charge is 0.407 e. The minimum Gasteiger partial charge on any atom is -0.465 e. The standard InChI is InChI=1S/C22H24N2O3/c25-13-15-4-1-2-6-17(15)16-10-14-5-3-8-24-20-7-9-23(22(26)27)12-19(20)18(11-16)21(14)24/h1-2,4,6,10-11,19-20,25H,3,5,7-9,12-13H2,(H,26,27)/t19-,20-/m0/s1. The molecule has 2 N–H and O–H groups in total. The van der Waals surface area contributed by atoms with Gasteiger partial charge in [-0.2, -0.15) is 0 Å². The maximum Gasteiger partial charge on any atom is 0.407 e. The van der Waals surface area contributed by atoms with Crippen LogP contribution in [0.4, 0.5) is 10.5 Å². The Morgan fingerprint density at radius 3 is 2.85 bits per heavy atom. The van der Waals surface area contributed by atoms with Crippen LogP contribution in [0, 0.1) is 0 Å². The van der Waals surface area contributed by atoms with E-state index in [4.69, 9.17) is 0 Å². The third kappa shape index (κ3) is 2.52. The molecule has 0 bridgehead atoms. The van der Waals surface area contributed by atoms with Gasteiger partial charge in [-0.25, -0.2) is 4.79 Å². The zero-order valence-electron chi connectivity index (χ0n) is 15.3. The van der Waals surface area contributed by atoms with Crippen LogP contribution in [-0.4, -0.2) is 46.9 Å². The van der Waals surface area contributed by atoms with E-state index in [1.165, 1.54) is 16.8 Å². The molecule has 1 fully saturated rings. The van der Waals surface area contributed by atoms with Crippen LogP contribution in [0.1, 0.15) is 35.4 Å². The van der Waals surface area contributed by atoms with Crippen molar-refractivity contribution in [3.63, 3.8) is 0 Å². The number of aryl methyl sites for hydroxylation is 1. The first-order valence-corrected chi connectivity index (χ1v) is 9.78. The van der Waals surface area contributed by atoms with Crippen molar-refractivity contribution in [1.82, 2.24) is 4.90 Å². The zero-order chi connectivity index (χ0) is 18.5. The Kier molecular flexibility index (Phi) is 3.86. The van der Waals surface area contributed by atoms with E-state index in [9.17, 15) is 15.0 Å². The molecule has 27 heavy (non-hydrogen) atoms. The van der Waals surface area contributed by atoms with E-state index in [2.05, 4.69) is 23.1 Å². The third-order valence-corrected chi connectivity index (χ3v) is 6.50. The van der Waals surface area contributed by atoms with Gasteiger partial charge in [0.2, 0.25) is 0 Å². The number of benzene rings is 2. The summed E-state index contributed by atoms with van der Waals surface area (Å²) in [6.45, 7) is 2.29. The van der Waals surface area contributed by atoms with Gasteiger partial charge in [0.1, 0.15) is 0 Å². The largest absolute Gasteiger partial charge is 0.465 e. The number of rotatable bonds is 2. The van der Waals surface area contributed by atoms with Crippen LogP contribution in [0.2, 0.25) is 0 Å². The lowest BCUT2D eigenvalue weighted by Gasteiger charge is -2.39. The fourth-order valence-corrected chi connectivity index (χ4v) is 5.31. The van der Waals surface area contributed by atoms with Crippen LogP contribution in [-0.2, 0) is 13.0 Å². The molecule has 2 aromatic rings. The minimum absolute atomic E-state index is 0.0214. The van der Waals surface area contributed by atoms with Crippen molar-refractivity contribution in [2.75, 3.05) is 24.5 Å². The summed E-state index contributed by atoms with van der Waals surface area (Å²) in [4.78, 5) is 15.7. The van der Waals surface area contributed by atoms with Crippen LogP contribution in [0.3, 0.4) is 0 Å². The highest BCUT2D eigenvalue weighted by Crippen LogP contribution is 2.50. The molecule has 3 aliphatic heterocycles. The van der Waals surface area contributed by atoms with Gasteiger partial charge in [0.25, 0.3) is 0 Å². The molecule has 0 saturated carbocycles. The number of likely N-dealkylation sites (tertiary alicyclic amines) is 1. The fraction of sp³-hybridized carbons (Fsp3) is 0.409. The predicted molar refractivity (Wildman–Crippen MR) is 104 cm³/mol. The molecule has 0 radical (unpaired) electrons. The van der Waals surface area contributed by atoms with Crippen molar-refractivity contribution in [2.24, 2.45) is 0 Å². The van der Waals surface area contributed by atoms with Gasteiger partial charge in [0, 0.05) is 37.3 Å². The summed E-state index contributed by atoms with van der Waals surface area (Å²) in [6.07, 6.45) is 2.29. The van der Waals surface area contributed by atoms with E-state index in [0.29, 0.717) is 19.1 Å². The van der Waals surface area contributed by atoms with E-state index < -0.39 is 6.09 Å². The minimum atomic E-state index is -0.815. The molecule has 1 amide bonds. The fourth-order valence-electron chi connectivity index (χ4n) is 5.31. The van der Waals surface area contributed by atoms with E-state index >= 15 is 0 Å². The van der Waals surface area contributed by atoms with Gasteiger partial charge in [0.15, 0.2) is 0 Å². The lowest BCUT2D eigenvalue weighted by molar-refractivity contribution is 0.127. The van der Waals surface area contributed by atoms with E-state index in [1.54, 1.807) is 4.90 Å². The Labute approximate surface area is 158 Å². The summed E-state index contributed by atoms with van der Waals surface area (Å²) in [5.74, 6) is 0.239. The number of aliphatic hydroxyl groups is 1. The molecule has 5 rings (SSSR count). The number of hydrogen-bond acceptors (Lipinski definition) is 3. The quantitative estimate of drug-likeness (QED) is 0.857. The molecule has 0 spiro atoms. The van der Waals surface area contributed by atoms with Crippen molar-refractivity contribution in [3.05, 3.63) is 53.1 Å². The average molecular weight is 364 g/mol. The van der Waals surface area contributed by atoms with E-state index in [-0.39, 0.29) is 12.5 Å². The monoisotopic (exact) mass is 364 g/mol. The highest BCUT2D eigenvalue weighted by atomic mass is 16.4. The Balaban J connectivity index is 1.64. The second-order valence-electron chi connectivity index (χ2n) is 7.88. The number of carboxylic acid groups (broad SMARTS) is 1. The Hall–Kier alpha value is -2.53. The van der Waals surface area contributed by atoms with E-state index in [0.717, 1.165) is 42.5 Å². The molecule has 2 aromatic carbocycles. The van der Waals surface area contributed by atoms with E-state index in [1.807, 2.05) is 18.2 Å². The molecule has 1 saturated heterocycles. The maximum atomic E-state index is 11.5. The Bertz CT molecular complexity index is 910. The van der Waals surface area contributed by atoms with Gasteiger partial charge in [0.05, 0.1) is 6.61 Å². The first-order valence-electron chi connectivity index (χ1n) is 9.78. The Morgan fingerprint density at radius 1 is 1.19 bits per heavy atom. The summed E-state index contributed by atoms with van der Waals surface area (Å²) in [7, 11) is 0. The molecule has 0 aromatic heterocycles. The lowest BCUT2D eigenvalue weighted by atomic mass is 9.86. The van der Waals surface area contributed by atoms with Crippen molar-refractivity contribution >= 4 is 11.8 Å². The predicted octanol–water partition coefficient (Wildman–Crippen LogP) is 3.45. The van der Waals surface area contributed by atoms with Crippen LogP contribution in [0.5, 0.6) is 0 Å².